The molecular weight excluding hydrogens is 314 g/mol. The van der Waals surface area contributed by atoms with Gasteiger partial charge in [-0.1, -0.05) is 6.07 Å². The second-order valence-corrected chi connectivity index (χ2v) is 5.76. The van der Waals surface area contributed by atoms with Gasteiger partial charge in [0.15, 0.2) is 11.5 Å². The molecule has 3 heterocycles. The van der Waals surface area contributed by atoms with E-state index in [9.17, 15) is 9.59 Å². The Morgan fingerprint density at radius 2 is 2.12 bits per heavy atom. The Labute approximate surface area is 138 Å². The van der Waals surface area contributed by atoms with Crippen molar-refractivity contribution in [2.24, 2.45) is 0 Å². The molecule has 1 unspecified atom stereocenters. The van der Waals surface area contributed by atoms with Gasteiger partial charge in [0.1, 0.15) is 0 Å². The van der Waals surface area contributed by atoms with Crippen molar-refractivity contribution in [1.29, 1.82) is 0 Å². The quantitative estimate of drug-likeness (QED) is 0.839. The Morgan fingerprint density at radius 1 is 1.29 bits per heavy atom. The van der Waals surface area contributed by atoms with E-state index in [2.05, 4.69) is 10.6 Å². The van der Waals surface area contributed by atoms with Gasteiger partial charge in [0.05, 0.1) is 30.5 Å². The Kier molecular flexibility index (Phi) is 3.53. The average Bonchev–Trinajstić information content (AvgIpc) is 3.16. The number of fused-ring (bicyclic) bond motifs is 1. The lowest BCUT2D eigenvalue weighted by molar-refractivity contribution is -0.126. The monoisotopic (exact) mass is 331 g/mol. The second-order valence-electron chi connectivity index (χ2n) is 5.76. The molecule has 8 nitrogen and oxygen atoms in total. The highest BCUT2D eigenvalue weighted by Crippen LogP contribution is 2.38. The van der Waals surface area contributed by atoms with Gasteiger partial charge in [-0.25, -0.2) is 4.79 Å². The lowest BCUT2D eigenvalue weighted by Gasteiger charge is -2.25. The molecule has 126 valence electrons. The zero-order chi connectivity index (χ0) is 16.7. The number of ether oxygens (including phenoxy) is 3. The van der Waals surface area contributed by atoms with Crippen LogP contribution in [0.5, 0.6) is 11.5 Å². The molecule has 24 heavy (non-hydrogen) atoms. The molecule has 0 bridgehead atoms. The summed E-state index contributed by atoms with van der Waals surface area (Å²) in [6.45, 7) is 1.48. The minimum atomic E-state index is -0.511. The van der Waals surface area contributed by atoms with Gasteiger partial charge in [0, 0.05) is 13.7 Å². The fourth-order valence-corrected chi connectivity index (χ4v) is 3.15. The molecule has 0 fully saturated rings. The Balaban J connectivity index is 1.66. The summed E-state index contributed by atoms with van der Waals surface area (Å²) >= 11 is 0. The van der Waals surface area contributed by atoms with Crippen LogP contribution in [-0.4, -0.2) is 50.4 Å². The maximum atomic E-state index is 12.7. The lowest BCUT2D eigenvalue weighted by atomic mass is 9.96. The third kappa shape index (κ3) is 2.35. The van der Waals surface area contributed by atoms with Crippen LogP contribution in [0.3, 0.4) is 0 Å². The first kappa shape index (κ1) is 14.8. The lowest BCUT2D eigenvalue weighted by Crippen LogP contribution is -2.44. The van der Waals surface area contributed by atoms with E-state index in [1.54, 1.807) is 24.1 Å². The molecule has 3 amide bonds. The maximum absolute atomic E-state index is 12.7. The zero-order valence-electron chi connectivity index (χ0n) is 13.1. The molecule has 3 aliphatic heterocycles. The molecule has 0 spiro atoms. The van der Waals surface area contributed by atoms with Crippen LogP contribution in [0.2, 0.25) is 0 Å². The molecule has 0 aliphatic carbocycles. The standard InChI is InChI=1S/C16H17N3O5/c1-22-5-4-19-7-10-13(15(19)20)14(18-16(21)17-10)9-2-3-11-12(6-9)24-8-23-11/h2-3,6,14H,4-5,7-8H2,1H3,(H2,17,18,21). The largest absolute Gasteiger partial charge is 0.454 e. The predicted octanol–water partition coefficient (Wildman–Crippen LogP) is 0.512. The summed E-state index contributed by atoms with van der Waals surface area (Å²) in [4.78, 5) is 26.4. The summed E-state index contributed by atoms with van der Waals surface area (Å²) in [5.41, 5.74) is 1.98. The van der Waals surface area contributed by atoms with Crippen LogP contribution in [-0.2, 0) is 9.53 Å². The summed E-state index contributed by atoms with van der Waals surface area (Å²) < 4.78 is 15.7. The number of carbonyl (C=O) groups excluding carboxylic acids is 2. The van der Waals surface area contributed by atoms with Gasteiger partial charge in [-0.05, 0) is 17.7 Å². The maximum Gasteiger partial charge on any atom is 0.319 e. The van der Waals surface area contributed by atoms with Crippen LogP contribution in [0.1, 0.15) is 11.6 Å². The van der Waals surface area contributed by atoms with Crippen LogP contribution in [0, 0.1) is 0 Å². The van der Waals surface area contributed by atoms with Crippen molar-refractivity contribution < 1.29 is 23.8 Å². The van der Waals surface area contributed by atoms with E-state index in [1.807, 2.05) is 6.07 Å². The number of benzene rings is 1. The van der Waals surface area contributed by atoms with Gasteiger partial charge < -0.3 is 29.7 Å². The van der Waals surface area contributed by atoms with Crippen LogP contribution >= 0.6 is 0 Å². The highest BCUT2D eigenvalue weighted by Gasteiger charge is 2.40. The average molecular weight is 331 g/mol. The molecule has 8 heteroatoms. The Morgan fingerprint density at radius 3 is 2.96 bits per heavy atom. The molecular formula is C16H17N3O5. The van der Waals surface area contributed by atoms with Crippen molar-refractivity contribution in [2.45, 2.75) is 6.04 Å². The normalized spacial score (nSPS) is 21.7. The summed E-state index contributed by atoms with van der Waals surface area (Å²) in [5.74, 6) is 1.18. The van der Waals surface area contributed by atoms with Crippen LogP contribution in [0.15, 0.2) is 29.5 Å². The first-order valence-corrected chi connectivity index (χ1v) is 7.65. The predicted molar refractivity (Wildman–Crippen MR) is 82.5 cm³/mol. The first-order chi connectivity index (χ1) is 11.7. The van der Waals surface area contributed by atoms with Gasteiger partial charge in [-0.2, -0.15) is 0 Å². The minimum Gasteiger partial charge on any atom is -0.454 e. The number of urea groups is 1. The van der Waals surface area contributed by atoms with E-state index < -0.39 is 6.04 Å². The molecule has 0 saturated carbocycles. The Bertz CT molecular complexity index is 745. The number of methoxy groups -OCH3 is 1. The SMILES string of the molecule is COCCN1CC2=C(C1=O)C(c1ccc3c(c1)OCO3)NC(=O)N2. The van der Waals surface area contributed by atoms with Crippen LogP contribution < -0.4 is 20.1 Å². The number of nitrogens with zero attached hydrogens (tertiary/aromatic N) is 1. The summed E-state index contributed by atoms with van der Waals surface area (Å²) in [6, 6.07) is 4.59. The van der Waals surface area contributed by atoms with Crippen molar-refractivity contribution in [3.8, 4) is 11.5 Å². The van der Waals surface area contributed by atoms with E-state index in [-0.39, 0.29) is 18.7 Å². The van der Waals surface area contributed by atoms with E-state index in [4.69, 9.17) is 14.2 Å². The number of amides is 3. The van der Waals surface area contributed by atoms with E-state index >= 15 is 0 Å². The third-order valence-corrected chi connectivity index (χ3v) is 4.32. The number of rotatable bonds is 4. The van der Waals surface area contributed by atoms with E-state index in [0.717, 1.165) is 5.56 Å². The first-order valence-electron chi connectivity index (χ1n) is 7.65. The molecule has 1 atom stereocenters. The molecule has 1 aromatic carbocycles. The molecule has 0 aromatic heterocycles. The Hall–Kier alpha value is -2.74. The van der Waals surface area contributed by atoms with Gasteiger partial charge in [-0.15, -0.1) is 0 Å². The molecule has 3 aliphatic rings. The number of hydrogen-bond donors (Lipinski definition) is 2. The molecule has 0 radical (unpaired) electrons. The minimum absolute atomic E-state index is 0.0998. The van der Waals surface area contributed by atoms with Crippen LogP contribution in [0.4, 0.5) is 4.79 Å². The fourth-order valence-electron chi connectivity index (χ4n) is 3.15. The zero-order valence-corrected chi connectivity index (χ0v) is 13.1. The number of carbonyl (C=O) groups is 2. The number of hydrogen-bond acceptors (Lipinski definition) is 5. The summed E-state index contributed by atoms with van der Waals surface area (Å²) in [6.07, 6.45) is 0. The smallest absolute Gasteiger partial charge is 0.319 e. The fraction of sp³-hybridized carbons (Fsp3) is 0.375. The topological polar surface area (TPSA) is 89.1 Å². The third-order valence-electron chi connectivity index (χ3n) is 4.32. The number of nitrogens with one attached hydrogen (secondary N) is 2. The van der Waals surface area contributed by atoms with Crippen molar-refractivity contribution in [2.75, 3.05) is 33.6 Å². The molecule has 4 rings (SSSR count). The second kappa shape index (κ2) is 5.72. The molecule has 2 N–H and O–H groups in total. The molecule has 1 aromatic rings. The highest BCUT2D eigenvalue weighted by molar-refractivity contribution is 6.01. The van der Waals surface area contributed by atoms with Gasteiger partial charge in [-0.3, -0.25) is 4.79 Å². The van der Waals surface area contributed by atoms with Crippen LogP contribution in [0.25, 0.3) is 0 Å². The van der Waals surface area contributed by atoms with Gasteiger partial charge in [0.25, 0.3) is 5.91 Å². The van der Waals surface area contributed by atoms with E-state index in [1.165, 1.54) is 0 Å². The van der Waals surface area contributed by atoms with Crippen molar-refractivity contribution in [3.05, 3.63) is 35.0 Å². The summed E-state index contributed by atoms with van der Waals surface area (Å²) in [5, 5.41) is 5.56. The van der Waals surface area contributed by atoms with Crippen molar-refractivity contribution in [1.82, 2.24) is 15.5 Å². The van der Waals surface area contributed by atoms with Gasteiger partial charge >= 0.3 is 6.03 Å². The molecule has 0 saturated heterocycles. The van der Waals surface area contributed by atoms with Crippen molar-refractivity contribution >= 4 is 11.9 Å². The van der Waals surface area contributed by atoms with E-state index in [0.29, 0.717) is 42.5 Å². The summed E-state index contributed by atoms with van der Waals surface area (Å²) in [7, 11) is 1.59. The van der Waals surface area contributed by atoms with Crippen molar-refractivity contribution in [3.63, 3.8) is 0 Å². The van der Waals surface area contributed by atoms with Gasteiger partial charge in [0.2, 0.25) is 6.79 Å². The highest BCUT2D eigenvalue weighted by atomic mass is 16.7.